The van der Waals surface area contributed by atoms with Gasteiger partial charge in [-0.25, -0.2) is 4.68 Å². The van der Waals surface area contributed by atoms with Crippen LogP contribution in [0.2, 0.25) is 5.15 Å². The smallest absolute Gasteiger partial charge is 0.244 e. The van der Waals surface area contributed by atoms with Crippen molar-refractivity contribution in [2.24, 2.45) is 5.73 Å². The van der Waals surface area contributed by atoms with Crippen LogP contribution in [0, 0.1) is 13.8 Å². The van der Waals surface area contributed by atoms with E-state index in [-0.39, 0.29) is 0 Å². The van der Waals surface area contributed by atoms with Crippen molar-refractivity contribution in [3.8, 4) is 0 Å². The molecule has 3 rings (SSSR count). The lowest BCUT2D eigenvalue weighted by atomic mass is 10.1. The molecule has 154 valence electrons. The van der Waals surface area contributed by atoms with Crippen LogP contribution in [0.5, 0.6) is 0 Å². The van der Waals surface area contributed by atoms with Crippen molar-refractivity contribution >= 4 is 29.5 Å². The van der Waals surface area contributed by atoms with Gasteiger partial charge in [-0.1, -0.05) is 71.8 Å². The first kappa shape index (κ1) is 21.3. The van der Waals surface area contributed by atoms with Gasteiger partial charge in [0.1, 0.15) is 11.2 Å². The summed E-state index contributed by atoms with van der Waals surface area (Å²) in [6, 6.07) is 16.0. The maximum atomic E-state index is 12.4. The van der Waals surface area contributed by atoms with E-state index in [0.717, 1.165) is 5.56 Å². The number of nitrogens with zero attached hydrogens (tertiary/aromatic N) is 2. The highest BCUT2D eigenvalue weighted by Gasteiger charge is 2.19. The zero-order chi connectivity index (χ0) is 21.7. The molecule has 2 aromatic carbocycles. The Morgan fingerprint density at radius 3 is 2.43 bits per heavy atom. The Bertz CT molecular complexity index is 1070. The standard InChI is InChI=1S/C23H23ClN4O2/c1-15-8-10-17(11-9-15)14-28-22(24)19(16(2)27-28)12-13-20(29)26-21(23(25)30)18-6-4-3-5-7-18/h3-13,21H,14H2,1-2H3,(H2,25,30)(H,26,29)/b13-12+. The normalized spacial score (nSPS) is 12.1. The fourth-order valence-corrected chi connectivity index (χ4v) is 3.34. The molecule has 0 aliphatic heterocycles. The van der Waals surface area contributed by atoms with E-state index in [2.05, 4.69) is 10.4 Å². The minimum absolute atomic E-state index is 0.437. The molecule has 0 bridgehead atoms. The second kappa shape index (κ2) is 9.41. The number of hydrogen-bond donors (Lipinski definition) is 2. The molecule has 0 aliphatic carbocycles. The van der Waals surface area contributed by atoms with Crippen molar-refractivity contribution in [1.82, 2.24) is 15.1 Å². The van der Waals surface area contributed by atoms with Gasteiger partial charge in [-0.05, 0) is 31.1 Å². The molecule has 6 nitrogen and oxygen atoms in total. The van der Waals surface area contributed by atoms with Crippen molar-refractivity contribution in [1.29, 1.82) is 0 Å². The summed E-state index contributed by atoms with van der Waals surface area (Å²) in [7, 11) is 0. The monoisotopic (exact) mass is 422 g/mol. The van der Waals surface area contributed by atoms with Gasteiger partial charge in [-0.3, -0.25) is 9.59 Å². The summed E-state index contributed by atoms with van der Waals surface area (Å²) in [6.45, 7) is 4.38. The number of aromatic nitrogens is 2. The third-order valence-electron chi connectivity index (χ3n) is 4.67. The highest BCUT2D eigenvalue weighted by Crippen LogP contribution is 2.22. The SMILES string of the molecule is Cc1ccc(Cn2nc(C)c(/C=C/C(=O)NC(C(N)=O)c3ccccc3)c2Cl)cc1. The van der Waals surface area contributed by atoms with Gasteiger partial charge in [0, 0.05) is 11.6 Å². The third-order valence-corrected chi connectivity index (χ3v) is 5.07. The molecule has 3 N–H and O–H groups in total. The van der Waals surface area contributed by atoms with Crippen LogP contribution in [0.15, 0.2) is 60.7 Å². The van der Waals surface area contributed by atoms with Gasteiger partial charge in [0.05, 0.1) is 12.2 Å². The highest BCUT2D eigenvalue weighted by atomic mass is 35.5. The van der Waals surface area contributed by atoms with Crippen LogP contribution in [0.4, 0.5) is 0 Å². The summed E-state index contributed by atoms with van der Waals surface area (Å²) >= 11 is 6.49. The molecule has 1 unspecified atom stereocenters. The van der Waals surface area contributed by atoms with Crippen LogP contribution < -0.4 is 11.1 Å². The van der Waals surface area contributed by atoms with Crippen LogP contribution in [-0.2, 0) is 16.1 Å². The molecular weight excluding hydrogens is 400 g/mol. The fraction of sp³-hybridized carbons (Fsp3) is 0.174. The van der Waals surface area contributed by atoms with E-state index in [4.69, 9.17) is 17.3 Å². The Hall–Kier alpha value is -3.38. The van der Waals surface area contributed by atoms with Gasteiger partial charge < -0.3 is 11.1 Å². The maximum Gasteiger partial charge on any atom is 0.244 e. The predicted octanol–water partition coefficient (Wildman–Crippen LogP) is 3.56. The summed E-state index contributed by atoms with van der Waals surface area (Å²) in [5.74, 6) is -1.09. The average Bonchev–Trinajstić information content (AvgIpc) is 2.99. The Balaban J connectivity index is 1.73. The summed E-state index contributed by atoms with van der Waals surface area (Å²) in [5.41, 5.74) is 9.67. The van der Waals surface area contributed by atoms with E-state index < -0.39 is 17.9 Å². The number of aryl methyl sites for hydroxylation is 2. The third kappa shape index (κ3) is 5.15. The van der Waals surface area contributed by atoms with Crippen molar-refractivity contribution < 1.29 is 9.59 Å². The maximum absolute atomic E-state index is 12.4. The number of nitrogens with one attached hydrogen (secondary N) is 1. The van der Waals surface area contributed by atoms with Crippen molar-refractivity contribution in [2.75, 3.05) is 0 Å². The number of hydrogen-bond acceptors (Lipinski definition) is 3. The molecule has 0 fully saturated rings. The zero-order valence-corrected chi connectivity index (χ0v) is 17.6. The molecule has 2 amide bonds. The molecule has 1 heterocycles. The van der Waals surface area contributed by atoms with Gasteiger partial charge in [0.2, 0.25) is 11.8 Å². The van der Waals surface area contributed by atoms with Gasteiger partial charge in [-0.15, -0.1) is 0 Å². The van der Waals surface area contributed by atoms with E-state index in [0.29, 0.717) is 28.5 Å². The van der Waals surface area contributed by atoms with E-state index in [1.165, 1.54) is 11.6 Å². The van der Waals surface area contributed by atoms with Crippen LogP contribution in [0.3, 0.4) is 0 Å². The van der Waals surface area contributed by atoms with Crippen LogP contribution >= 0.6 is 11.6 Å². The first-order valence-corrected chi connectivity index (χ1v) is 9.84. The first-order valence-electron chi connectivity index (χ1n) is 9.46. The number of benzene rings is 2. The second-order valence-corrected chi connectivity index (χ2v) is 7.38. The summed E-state index contributed by atoms with van der Waals surface area (Å²) in [6.07, 6.45) is 2.92. The van der Waals surface area contributed by atoms with E-state index >= 15 is 0 Å². The molecule has 0 radical (unpaired) electrons. The summed E-state index contributed by atoms with van der Waals surface area (Å²) in [4.78, 5) is 24.1. The largest absolute Gasteiger partial charge is 0.368 e. The summed E-state index contributed by atoms with van der Waals surface area (Å²) in [5, 5.41) is 7.53. The molecule has 3 aromatic rings. The lowest BCUT2D eigenvalue weighted by Gasteiger charge is -2.14. The lowest BCUT2D eigenvalue weighted by Crippen LogP contribution is -2.36. The number of nitrogens with two attached hydrogens (primary N) is 1. The predicted molar refractivity (Wildman–Crippen MR) is 118 cm³/mol. The Morgan fingerprint density at radius 2 is 1.80 bits per heavy atom. The van der Waals surface area contributed by atoms with E-state index in [1.807, 2.05) is 44.2 Å². The number of rotatable bonds is 7. The minimum Gasteiger partial charge on any atom is -0.368 e. The number of halogens is 1. The first-order chi connectivity index (χ1) is 14.3. The number of carbonyl (C=O) groups is 2. The highest BCUT2D eigenvalue weighted by molar-refractivity contribution is 6.31. The van der Waals surface area contributed by atoms with E-state index in [9.17, 15) is 9.59 Å². The summed E-state index contributed by atoms with van der Waals surface area (Å²) < 4.78 is 1.69. The second-order valence-electron chi connectivity index (χ2n) is 7.02. The topological polar surface area (TPSA) is 90.0 Å². The Kier molecular flexibility index (Phi) is 6.69. The Morgan fingerprint density at radius 1 is 1.13 bits per heavy atom. The molecule has 0 aliphatic rings. The molecule has 1 aromatic heterocycles. The molecule has 7 heteroatoms. The number of carbonyl (C=O) groups excluding carboxylic acids is 2. The molecule has 30 heavy (non-hydrogen) atoms. The average molecular weight is 423 g/mol. The lowest BCUT2D eigenvalue weighted by molar-refractivity contribution is -0.125. The quantitative estimate of drug-likeness (QED) is 0.570. The van der Waals surface area contributed by atoms with Crippen molar-refractivity contribution in [3.05, 3.63) is 93.8 Å². The molecule has 1 atom stereocenters. The van der Waals surface area contributed by atoms with Gasteiger partial charge in [-0.2, -0.15) is 5.10 Å². The zero-order valence-electron chi connectivity index (χ0n) is 16.8. The number of amides is 2. The molecular formula is C23H23ClN4O2. The van der Waals surface area contributed by atoms with Gasteiger partial charge in [0.25, 0.3) is 0 Å². The van der Waals surface area contributed by atoms with Crippen molar-refractivity contribution in [3.63, 3.8) is 0 Å². The van der Waals surface area contributed by atoms with E-state index in [1.54, 1.807) is 35.0 Å². The van der Waals surface area contributed by atoms with Crippen LogP contribution in [-0.4, -0.2) is 21.6 Å². The molecule has 0 saturated carbocycles. The molecule has 0 spiro atoms. The van der Waals surface area contributed by atoms with Gasteiger partial charge >= 0.3 is 0 Å². The van der Waals surface area contributed by atoms with Crippen LogP contribution in [0.25, 0.3) is 6.08 Å². The van der Waals surface area contributed by atoms with Crippen LogP contribution in [0.1, 0.15) is 34.0 Å². The minimum atomic E-state index is -0.913. The van der Waals surface area contributed by atoms with Crippen molar-refractivity contribution in [2.45, 2.75) is 26.4 Å². The fourth-order valence-electron chi connectivity index (χ4n) is 3.04. The number of primary amides is 1. The van der Waals surface area contributed by atoms with Gasteiger partial charge in [0.15, 0.2) is 0 Å². The Labute approximate surface area is 180 Å². The molecule has 0 saturated heterocycles.